The number of nitrogens with zero attached hydrogens (tertiary/aromatic N) is 3. The number of rotatable bonds is 2. The van der Waals surface area contributed by atoms with Gasteiger partial charge in [-0.1, -0.05) is 0 Å². The first-order chi connectivity index (χ1) is 8.40. The number of carboxylic acids is 1. The van der Waals surface area contributed by atoms with Crippen LogP contribution in [-0.4, -0.2) is 30.4 Å². The molecule has 8 heteroatoms. The zero-order valence-corrected chi connectivity index (χ0v) is 9.67. The van der Waals surface area contributed by atoms with Crippen molar-refractivity contribution in [3.05, 3.63) is 44.5 Å². The molecule has 2 aromatic rings. The summed E-state index contributed by atoms with van der Waals surface area (Å²) in [5.74, 6) is -1.40. The van der Waals surface area contributed by atoms with Crippen molar-refractivity contribution in [1.29, 1.82) is 0 Å². The van der Waals surface area contributed by atoms with E-state index in [1.54, 1.807) is 20.2 Å². The van der Waals surface area contributed by atoms with E-state index < -0.39 is 22.8 Å². The summed E-state index contributed by atoms with van der Waals surface area (Å²) in [5, 5.41) is 12.9. The highest BCUT2D eigenvalue weighted by Crippen LogP contribution is 2.08. The molecule has 2 rings (SSSR count). The van der Waals surface area contributed by atoms with Gasteiger partial charge in [0.15, 0.2) is 0 Å². The average molecular weight is 250 g/mol. The standard InChI is InChI=1S/C10H10N4O4/c1-5-7(4-13(2)12-5)14-3-6(9(16)17)8(15)11-10(14)18/h3-4H,1-2H3,(H,16,17)(H,11,15,18). The van der Waals surface area contributed by atoms with Gasteiger partial charge in [-0.05, 0) is 6.92 Å². The third-order valence-electron chi connectivity index (χ3n) is 2.42. The van der Waals surface area contributed by atoms with Crippen molar-refractivity contribution < 1.29 is 9.90 Å². The van der Waals surface area contributed by atoms with Crippen molar-refractivity contribution in [2.45, 2.75) is 6.92 Å². The van der Waals surface area contributed by atoms with E-state index in [0.29, 0.717) is 11.4 Å². The molecule has 0 atom stereocenters. The number of aromatic amines is 1. The zero-order chi connectivity index (χ0) is 13.4. The van der Waals surface area contributed by atoms with Gasteiger partial charge < -0.3 is 5.11 Å². The molecule has 0 aliphatic carbocycles. The smallest absolute Gasteiger partial charge is 0.342 e. The Labute approximate surface area is 100 Å². The maximum Gasteiger partial charge on any atom is 0.342 e. The van der Waals surface area contributed by atoms with E-state index in [2.05, 4.69) is 5.10 Å². The highest BCUT2D eigenvalue weighted by atomic mass is 16.4. The molecule has 0 saturated carbocycles. The lowest BCUT2D eigenvalue weighted by atomic mass is 10.3. The van der Waals surface area contributed by atoms with Gasteiger partial charge in [0.2, 0.25) is 0 Å². The van der Waals surface area contributed by atoms with E-state index in [1.807, 2.05) is 4.98 Å². The van der Waals surface area contributed by atoms with Gasteiger partial charge in [-0.15, -0.1) is 0 Å². The first-order valence-electron chi connectivity index (χ1n) is 5.00. The summed E-state index contributed by atoms with van der Waals surface area (Å²) in [7, 11) is 1.67. The van der Waals surface area contributed by atoms with E-state index in [1.165, 1.54) is 4.68 Å². The van der Waals surface area contributed by atoms with Crippen LogP contribution in [0.4, 0.5) is 0 Å². The molecule has 94 valence electrons. The van der Waals surface area contributed by atoms with Crippen LogP contribution in [0.3, 0.4) is 0 Å². The number of hydrogen-bond donors (Lipinski definition) is 2. The molecule has 2 aromatic heterocycles. The second-order valence-electron chi connectivity index (χ2n) is 3.75. The lowest BCUT2D eigenvalue weighted by molar-refractivity contribution is 0.0694. The Kier molecular flexibility index (Phi) is 2.62. The lowest BCUT2D eigenvalue weighted by Gasteiger charge is -2.03. The van der Waals surface area contributed by atoms with Crippen molar-refractivity contribution in [1.82, 2.24) is 19.3 Å². The molecule has 8 nitrogen and oxygen atoms in total. The molecule has 0 unspecified atom stereocenters. The Morgan fingerprint density at radius 3 is 2.56 bits per heavy atom. The van der Waals surface area contributed by atoms with Crippen molar-refractivity contribution >= 4 is 5.97 Å². The molecule has 18 heavy (non-hydrogen) atoms. The van der Waals surface area contributed by atoms with Crippen LogP contribution in [0, 0.1) is 6.92 Å². The molecule has 0 aliphatic heterocycles. The van der Waals surface area contributed by atoms with Crippen LogP contribution < -0.4 is 11.2 Å². The van der Waals surface area contributed by atoms with Crippen LogP contribution in [0.5, 0.6) is 0 Å². The first kappa shape index (κ1) is 11.8. The van der Waals surface area contributed by atoms with Gasteiger partial charge in [-0.3, -0.25) is 19.0 Å². The molecular formula is C10H10N4O4. The monoisotopic (exact) mass is 250 g/mol. The number of aromatic carboxylic acids is 1. The number of aromatic nitrogens is 4. The quantitative estimate of drug-likeness (QED) is 0.729. The summed E-state index contributed by atoms with van der Waals surface area (Å²) in [5.41, 5.74) is -1.17. The van der Waals surface area contributed by atoms with Crippen molar-refractivity contribution in [3.8, 4) is 5.69 Å². The maximum atomic E-state index is 11.7. The van der Waals surface area contributed by atoms with Crippen LogP contribution in [0.25, 0.3) is 5.69 Å². The van der Waals surface area contributed by atoms with Crippen LogP contribution in [0.1, 0.15) is 16.1 Å². The fourth-order valence-electron chi connectivity index (χ4n) is 1.63. The van der Waals surface area contributed by atoms with Crippen LogP contribution in [0.2, 0.25) is 0 Å². The van der Waals surface area contributed by atoms with Crippen molar-refractivity contribution in [3.63, 3.8) is 0 Å². The Morgan fingerprint density at radius 1 is 1.39 bits per heavy atom. The summed E-state index contributed by atoms with van der Waals surface area (Å²) in [6, 6.07) is 0. The maximum absolute atomic E-state index is 11.7. The minimum Gasteiger partial charge on any atom is -0.477 e. The third kappa shape index (κ3) is 1.83. The van der Waals surface area contributed by atoms with E-state index in [-0.39, 0.29) is 0 Å². The van der Waals surface area contributed by atoms with Crippen molar-refractivity contribution in [2.24, 2.45) is 7.05 Å². The topological polar surface area (TPSA) is 110 Å². The van der Waals surface area contributed by atoms with Gasteiger partial charge >= 0.3 is 11.7 Å². The van der Waals surface area contributed by atoms with Crippen LogP contribution in [-0.2, 0) is 7.05 Å². The Bertz CT molecular complexity index is 737. The molecule has 2 N–H and O–H groups in total. The number of hydrogen-bond acceptors (Lipinski definition) is 4. The predicted octanol–water partition coefficient (Wildman–Crippen LogP) is -0.734. The lowest BCUT2D eigenvalue weighted by Crippen LogP contribution is -2.32. The highest BCUT2D eigenvalue weighted by molar-refractivity contribution is 5.86. The van der Waals surface area contributed by atoms with Gasteiger partial charge in [0.1, 0.15) is 5.56 Å². The van der Waals surface area contributed by atoms with Crippen LogP contribution >= 0.6 is 0 Å². The predicted molar refractivity (Wildman–Crippen MR) is 61.1 cm³/mol. The normalized spacial score (nSPS) is 10.6. The van der Waals surface area contributed by atoms with E-state index in [9.17, 15) is 14.4 Å². The number of carbonyl (C=O) groups is 1. The SMILES string of the molecule is Cc1nn(C)cc1-n1cc(C(=O)O)c(=O)[nH]c1=O. The minimum atomic E-state index is -1.40. The Balaban J connectivity index is 2.76. The fourth-order valence-corrected chi connectivity index (χ4v) is 1.63. The van der Waals surface area contributed by atoms with Gasteiger partial charge in [0.05, 0.1) is 11.4 Å². The minimum absolute atomic E-state index is 0.418. The summed E-state index contributed by atoms with van der Waals surface area (Å²) in [6.45, 7) is 1.67. The molecular weight excluding hydrogens is 240 g/mol. The summed E-state index contributed by atoms with van der Waals surface area (Å²) < 4.78 is 2.54. The highest BCUT2D eigenvalue weighted by Gasteiger charge is 2.14. The fraction of sp³-hybridized carbons (Fsp3) is 0.200. The Hall–Kier alpha value is -2.64. The number of aryl methyl sites for hydroxylation is 2. The van der Waals surface area contributed by atoms with E-state index in [4.69, 9.17) is 5.11 Å². The van der Waals surface area contributed by atoms with E-state index >= 15 is 0 Å². The third-order valence-corrected chi connectivity index (χ3v) is 2.42. The number of nitrogens with one attached hydrogen (secondary N) is 1. The Morgan fingerprint density at radius 2 is 2.06 bits per heavy atom. The first-order valence-corrected chi connectivity index (χ1v) is 5.00. The van der Waals surface area contributed by atoms with Gasteiger partial charge in [-0.2, -0.15) is 5.10 Å². The summed E-state index contributed by atoms with van der Waals surface area (Å²) >= 11 is 0. The molecule has 0 aromatic carbocycles. The molecule has 0 aliphatic rings. The average Bonchev–Trinajstić information content (AvgIpc) is 2.57. The van der Waals surface area contributed by atoms with E-state index in [0.717, 1.165) is 10.8 Å². The molecule has 0 saturated heterocycles. The summed E-state index contributed by atoms with van der Waals surface area (Å²) in [6.07, 6.45) is 2.55. The zero-order valence-electron chi connectivity index (χ0n) is 9.67. The van der Waals surface area contributed by atoms with Gasteiger partial charge in [0.25, 0.3) is 5.56 Å². The molecule has 2 heterocycles. The molecule has 0 fully saturated rings. The van der Waals surface area contributed by atoms with Crippen LogP contribution in [0.15, 0.2) is 22.0 Å². The largest absolute Gasteiger partial charge is 0.477 e. The van der Waals surface area contributed by atoms with Crippen molar-refractivity contribution in [2.75, 3.05) is 0 Å². The molecule has 0 bridgehead atoms. The second-order valence-corrected chi connectivity index (χ2v) is 3.75. The number of H-pyrrole nitrogens is 1. The molecule has 0 amide bonds. The van der Waals surface area contributed by atoms with Gasteiger partial charge in [-0.25, -0.2) is 9.59 Å². The molecule has 0 spiro atoms. The van der Waals surface area contributed by atoms with Gasteiger partial charge in [0, 0.05) is 19.4 Å². The second kappa shape index (κ2) is 3.99. The summed E-state index contributed by atoms with van der Waals surface area (Å²) in [4.78, 5) is 35.7. The molecule has 0 radical (unpaired) electrons. The number of carboxylic acid groups (broad SMARTS) is 1.